The molecule has 1 fully saturated rings. The van der Waals surface area contributed by atoms with Crippen LogP contribution >= 0.6 is 35.0 Å². The Morgan fingerprint density at radius 1 is 1.12 bits per heavy atom. The van der Waals surface area contributed by atoms with Crippen LogP contribution in [0.25, 0.3) is 11.4 Å². The van der Waals surface area contributed by atoms with Crippen LogP contribution in [-0.4, -0.2) is 57.7 Å². The van der Waals surface area contributed by atoms with Gasteiger partial charge in [0.15, 0.2) is 5.82 Å². The molecule has 1 aromatic heterocycles. The number of aromatic nitrogens is 3. The lowest BCUT2D eigenvalue weighted by Crippen LogP contribution is -2.35. The fraction of sp³-hybridized carbons (Fsp3) is 0.286. The predicted molar refractivity (Wildman–Crippen MR) is 128 cm³/mol. The summed E-state index contributed by atoms with van der Waals surface area (Å²) in [6, 6.07) is 12.9. The van der Waals surface area contributed by atoms with E-state index >= 15 is 0 Å². The number of thioether (sulfide) groups is 1. The van der Waals surface area contributed by atoms with E-state index in [0.717, 1.165) is 38.5 Å². The maximum Gasteiger partial charge on any atom is 0.234 e. The van der Waals surface area contributed by atoms with E-state index in [-0.39, 0.29) is 11.7 Å². The highest BCUT2D eigenvalue weighted by Gasteiger charge is 2.17. The first-order chi connectivity index (χ1) is 15.5. The van der Waals surface area contributed by atoms with Gasteiger partial charge in [0.1, 0.15) is 0 Å². The number of rotatable bonds is 7. The van der Waals surface area contributed by atoms with Crippen molar-refractivity contribution in [2.24, 2.45) is 0 Å². The summed E-state index contributed by atoms with van der Waals surface area (Å²) in [4.78, 5) is 14.7. The van der Waals surface area contributed by atoms with Crippen molar-refractivity contribution >= 4 is 46.6 Å². The number of morpholine rings is 1. The zero-order chi connectivity index (χ0) is 22.5. The Morgan fingerprint density at radius 3 is 2.62 bits per heavy atom. The first-order valence-corrected chi connectivity index (χ1v) is 11.7. The Labute approximate surface area is 200 Å². The average molecular weight is 493 g/mol. The summed E-state index contributed by atoms with van der Waals surface area (Å²) in [5, 5.41) is 12.4. The van der Waals surface area contributed by atoms with Crippen molar-refractivity contribution in [2.45, 2.75) is 11.7 Å². The number of ether oxygens (including phenoxy) is 1. The summed E-state index contributed by atoms with van der Waals surface area (Å²) in [5.74, 6) is 6.45. The van der Waals surface area contributed by atoms with E-state index in [9.17, 15) is 4.79 Å². The highest BCUT2D eigenvalue weighted by atomic mass is 35.5. The molecule has 8 nitrogen and oxygen atoms in total. The van der Waals surface area contributed by atoms with E-state index in [1.807, 2.05) is 24.3 Å². The Kier molecular flexibility index (Phi) is 7.54. The number of halogens is 2. The van der Waals surface area contributed by atoms with Crippen molar-refractivity contribution in [1.82, 2.24) is 19.8 Å². The number of nitrogens with zero attached hydrogens (tertiary/aromatic N) is 4. The van der Waals surface area contributed by atoms with Gasteiger partial charge >= 0.3 is 0 Å². The number of benzene rings is 2. The molecule has 0 spiro atoms. The van der Waals surface area contributed by atoms with Crippen LogP contribution in [0.2, 0.25) is 10.0 Å². The zero-order valence-electron chi connectivity index (χ0n) is 17.1. The molecule has 1 aliphatic rings. The highest BCUT2D eigenvalue weighted by molar-refractivity contribution is 7.99. The number of nitrogens with one attached hydrogen (secondary N) is 1. The quantitative estimate of drug-likeness (QED) is 0.384. The molecule has 0 saturated carbocycles. The standard InChI is InChI=1S/C21H22Cl2N6O2S/c22-15-3-6-18(23)17(11-15)20-26-27-21(29(20)24)32-13-19(30)25-16-4-1-14(2-5-16)12-28-7-9-31-10-8-28/h1-6,11H,7-10,12-13,24H2,(H,25,30). The van der Waals surface area contributed by atoms with Crippen LogP contribution in [0.5, 0.6) is 0 Å². The lowest BCUT2D eigenvalue weighted by Gasteiger charge is -2.26. The van der Waals surface area contributed by atoms with Crippen LogP contribution in [0.15, 0.2) is 47.6 Å². The summed E-state index contributed by atoms with van der Waals surface area (Å²) < 4.78 is 6.68. The Hall–Kier alpha value is -2.30. The van der Waals surface area contributed by atoms with E-state index in [1.165, 1.54) is 22.0 Å². The first-order valence-electron chi connectivity index (χ1n) is 9.97. The summed E-state index contributed by atoms with van der Waals surface area (Å²) in [7, 11) is 0. The second-order valence-corrected chi connectivity index (χ2v) is 9.01. The SMILES string of the molecule is Nn1c(SCC(=O)Nc2ccc(CN3CCOCC3)cc2)nnc1-c1cc(Cl)ccc1Cl. The minimum atomic E-state index is -0.165. The number of nitrogens with two attached hydrogens (primary N) is 1. The Balaban J connectivity index is 1.31. The van der Waals surface area contributed by atoms with Crippen LogP contribution in [0, 0.1) is 0 Å². The third-order valence-corrected chi connectivity index (χ3v) is 6.42. The van der Waals surface area contributed by atoms with Gasteiger partial charge in [-0.15, -0.1) is 10.2 Å². The predicted octanol–water partition coefficient (Wildman–Crippen LogP) is 3.53. The third kappa shape index (κ3) is 5.73. The molecule has 3 N–H and O–H groups in total. The Bertz CT molecular complexity index is 1090. The van der Waals surface area contributed by atoms with Crippen LogP contribution in [0.1, 0.15) is 5.56 Å². The molecule has 0 unspecified atom stereocenters. The van der Waals surface area contributed by atoms with Crippen LogP contribution in [-0.2, 0) is 16.1 Å². The Morgan fingerprint density at radius 2 is 1.88 bits per heavy atom. The molecule has 1 amide bonds. The van der Waals surface area contributed by atoms with Gasteiger partial charge < -0.3 is 15.9 Å². The fourth-order valence-electron chi connectivity index (χ4n) is 3.27. The molecule has 1 aliphatic heterocycles. The van der Waals surface area contributed by atoms with Gasteiger partial charge in [-0.3, -0.25) is 9.69 Å². The van der Waals surface area contributed by atoms with E-state index in [0.29, 0.717) is 26.6 Å². The van der Waals surface area contributed by atoms with Crippen molar-refractivity contribution in [3.63, 3.8) is 0 Å². The van der Waals surface area contributed by atoms with Gasteiger partial charge in [-0.1, -0.05) is 47.1 Å². The van der Waals surface area contributed by atoms with E-state index < -0.39 is 0 Å². The van der Waals surface area contributed by atoms with Crippen molar-refractivity contribution in [3.8, 4) is 11.4 Å². The highest BCUT2D eigenvalue weighted by Crippen LogP contribution is 2.30. The van der Waals surface area contributed by atoms with Gasteiger partial charge in [-0.25, -0.2) is 4.68 Å². The summed E-state index contributed by atoms with van der Waals surface area (Å²) in [6.45, 7) is 4.30. The maximum absolute atomic E-state index is 12.4. The second-order valence-electron chi connectivity index (χ2n) is 7.22. The topological polar surface area (TPSA) is 98.3 Å². The molecule has 11 heteroatoms. The zero-order valence-corrected chi connectivity index (χ0v) is 19.5. The molecule has 0 radical (unpaired) electrons. The number of hydrogen-bond acceptors (Lipinski definition) is 7. The summed E-state index contributed by atoms with van der Waals surface area (Å²) in [6.07, 6.45) is 0. The van der Waals surface area contributed by atoms with Gasteiger partial charge in [0, 0.05) is 35.9 Å². The van der Waals surface area contributed by atoms with Crippen molar-refractivity contribution in [3.05, 3.63) is 58.1 Å². The molecule has 32 heavy (non-hydrogen) atoms. The van der Waals surface area contributed by atoms with Gasteiger partial charge in [0.2, 0.25) is 11.1 Å². The smallest absolute Gasteiger partial charge is 0.234 e. The van der Waals surface area contributed by atoms with Crippen LogP contribution in [0.3, 0.4) is 0 Å². The molecule has 168 valence electrons. The fourth-order valence-corrected chi connectivity index (χ4v) is 4.30. The van der Waals surface area contributed by atoms with Crippen molar-refractivity contribution < 1.29 is 9.53 Å². The number of nitrogen functional groups attached to an aromatic ring is 1. The first kappa shape index (κ1) is 22.9. The minimum Gasteiger partial charge on any atom is -0.379 e. The monoisotopic (exact) mass is 492 g/mol. The summed E-state index contributed by atoms with van der Waals surface area (Å²) in [5.41, 5.74) is 2.51. The van der Waals surface area contributed by atoms with E-state index in [2.05, 4.69) is 20.4 Å². The number of carbonyl (C=O) groups is 1. The summed E-state index contributed by atoms with van der Waals surface area (Å²) >= 11 is 13.4. The van der Waals surface area contributed by atoms with E-state index in [1.54, 1.807) is 18.2 Å². The lowest BCUT2D eigenvalue weighted by atomic mass is 10.2. The largest absolute Gasteiger partial charge is 0.379 e. The van der Waals surface area contributed by atoms with Gasteiger partial charge in [-0.05, 0) is 35.9 Å². The molecule has 1 saturated heterocycles. The molecule has 0 atom stereocenters. The van der Waals surface area contributed by atoms with Crippen LogP contribution < -0.4 is 11.2 Å². The number of amides is 1. The third-order valence-electron chi connectivity index (χ3n) is 4.91. The number of anilines is 1. The molecule has 4 rings (SSSR count). The van der Waals surface area contributed by atoms with E-state index in [4.69, 9.17) is 33.8 Å². The van der Waals surface area contributed by atoms with Gasteiger partial charge in [0.05, 0.1) is 24.0 Å². The van der Waals surface area contributed by atoms with Gasteiger partial charge in [-0.2, -0.15) is 0 Å². The molecular formula is C21H22Cl2N6O2S. The number of carbonyl (C=O) groups excluding carboxylic acids is 1. The molecule has 2 heterocycles. The molecule has 3 aromatic rings. The van der Waals surface area contributed by atoms with Gasteiger partial charge in [0.25, 0.3) is 0 Å². The van der Waals surface area contributed by atoms with Crippen molar-refractivity contribution in [1.29, 1.82) is 0 Å². The van der Waals surface area contributed by atoms with Crippen molar-refractivity contribution in [2.75, 3.05) is 43.2 Å². The minimum absolute atomic E-state index is 0.133. The van der Waals surface area contributed by atoms with Crippen LogP contribution in [0.4, 0.5) is 5.69 Å². The number of hydrogen-bond donors (Lipinski definition) is 2. The lowest BCUT2D eigenvalue weighted by molar-refractivity contribution is -0.113. The average Bonchev–Trinajstić information content (AvgIpc) is 3.16. The second kappa shape index (κ2) is 10.5. The molecule has 0 bridgehead atoms. The molecular weight excluding hydrogens is 471 g/mol. The molecule has 0 aliphatic carbocycles. The molecule has 2 aromatic carbocycles. The normalized spacial score (nSPS) is 14.4. The maximum atomic E-state index is 12.4.